The van der Waals surface area contributed by atoms with Crippen LogP contribution in [0.4, 0.5) is 14.6 Å². The van der Waals surface area contributed by atoms with Crippen LogP contribution in [-0.2, 0) is 6.42 Å². The van der Waals surface area contributed by atoms with Crippen LogP contribution in [0.25, 0.3) is 22.2 Å². The summed E-state index contributed by atoms with van der Waals surface area (Å²) >= 11 is 0. The Kier molecular flexibility index (Phi) is 6.30. The number of halogens is 2. The van der Waals surface area contributed by atoms with Gasteiger partial charge in [0.15, 0.2) is 5.82 Å². The summed E-state index contributed by atoms with van der Waals surface area (Å²) in [6.07, 6.45) is 8.26. The average molecular weight is 577 g/mol. The number of piperazine rings is 1. The highest BCUT2D eigenvalue weighted by molar-refractivity contribution is 5.92. The van der Waals surface area contributed by atoms with Crippen molar-refractivity contribution in [3.8, 4) is 23.0 Å². The molecule has 222 valence electrons. The molecule has 2 aromatic heterocycles. The van der Waals surface area contributed by atoms with Crippen LogP contribution < -0.4 is 15.0 Å². The predicted molar refractivity (Wildman–Crippen MR) is 156 cm³/mol. The number of aromatic nitrogens is 3. The summed E-state index contributed by atoms with van der Waals surface area (Å²) in [5.41, 5.74) is 2.73. The summed E-state index contributed by atoms with van der Waals surface area (Å²) in [6.45, 7) is 5.27. The third-order valence-corrected chi connectivity index (χ3v) is 10.5. The van der Waals surface area contributed by atoms with Crippen LogP contribution in [0.5, 0.6) is 11.8 Å². The Hall–Kier alpha value is -3.11. The zero-order valence-corrected chi connectivity index (χ0v) is 24.1. The maximum absolute atomic E-state index is 16.7. The average Bonchev–Trinajstić information content (AvgIpc) is 3.61. The molecule has 0 radical (unpaired) electrons. The molecule has 4 aliphatic heterocycles. The molecular weight excluding hydrogens is 538 g/mol. The molecule has 8 nitrogen and oxygen atoms in total. The number of phenolic OH excluding ortho intramolecular Hbond substituents is 1. The SMILES string of the molecule is C[C@H]1CCCc2cc(O)cc(-c3ncc4c(N5C[C@H]6CC[C@@H](C5)N6)nc(OC[C@@]56CCCN5C[C@H](F)C6)nc4c3F)c21. The number of ether oxygens (including phenoxy) is 1. The van der Waals surface area contributed by atoms with Crippen molar-refractivity contribution in [2.45, 2.75) is 88.0 Å². The van der Waals surface area contributed by atoms with Crippen molar-refractivity contribution in [3.63, 3.8) is 0 Å². The summed E-state index contributed by atoms with van der Waals surface area (Å²) in [5, 5.41) is 14.8. The van der Waals surface area contributed by atoms with Crippen molar-refractivity contribution in [1.82, 2.24) is 25.2 Å². The van der Waals surface area contributed by atoms with E-state index in [0.717, 1.165) is 75.7 Å². The van der Waals surface area contributed by atoms with Crippen LogP contribution in [0, 0.1) is 5.82 Å². The zero-order chi connectivity index (χ0) is 28.6. The van der Waals surface area contributed by atoms with Crippen LogP contribution in [0.2, 0.25) is 0 Å². The van der Waals surface area contributed by atoms with Crippen molar-refractivity contribution in [2.24, 2.45) is 0 Å². The van der Waals surface area contributed by atoms with Gasteiger partial charge in [0.2, 0.25) is 0 Å². The Morgan fingerprint density at radius 2 is 1.95 bits per heavy atom. The lowest BCUT2D eigenvalue weighted by Gasteiger charge is -2.34. The molecule has 0 spiro atoms. The molecular formula is C32H38F2N6O2. The highest BCUT2D eigenvalue weighted by atomic mass is 19.1. The van der Waals surface area contributed by atoms with Gasteiger partial charge in [0.25, 0.3) is 0 Å². The van der Waals surface area contributed by atoms with E-state index in [9.17, 15) is 9.50 Å². The van der Waals surface area contributed by atoms with Gasteiger partial charge in [0.05, 0.1) is 10.9 Å². The Bertz CT molecular complexity index is 1540. The molecule has 1 aliphatic carbocycles. The second kappa shape index (κ2) is 9.98. The Morgan fingerprint density at radius 3 is 2.79 bits per heavy atom. The van der Waals surface area contributed by atoms with E-state index in [1.165, 1.54) is 0 Å². The van der Waals surface area contributed by atoms with E-state index < -0.39 is 12.0 Å². The van der Waals surface area contributed by atoms with Crippen molar-refractivity contribution >= 4 is 16.7 Å². The molecule has 4 saturated heterocycles. The third-order valence-electron chi connectivity index (χ3n) is 10.5. The molecule has 6 heterocycles. The molecule has 5 aliphatic rings. The quantitative estimate of drug-likeness (QED) is 0.445. The maximum Gasteiger partial charge on any atom is 0.319 e. The number of hydrogen-bond acceptors (Lipinski definition) is 8. The summed E-state index contributed by atoms with van der Waals surface area (Å²) in [5.74, 6) is 0.450. The molecule has 0 amide bonds. The first kappa shape index (κ1) is 26.5. The third kappa shape index (κ3) is 4.32. The number of nitrogens with zero attached hydrogens (tertiary/aromatic N) is 5. The topological polar surface area (TPSA) is 86.6 Å². The van der Waals surface area contributed by atoms with Gasteiger partial charge in [-0.25, -0.2) is 8.78 Å². The Labute approximate surface area is 244 Å². The fourth-order valence-corrected chi connectivity index (χ4v) is 8.56. The Morgan fingerprint density at radius 1 is 1.12 bits per heavy atom. The van der Waals surface area contributed by atoms with Crippen molar-refractivity contribution < 1.29 is 18.6 Å². The summed E-state index contributed by atoms with van der Waals surface area (Å²) in [4.78, 5) is 18.6. The van der Waals surface area contributed by atoms with Gasteiger partial charge in [-0.3, -0.25) is 9.88 Å². The monoisotopic (exact) mass is 576 g/mol. The van der Waals surface area contributed by atoms with Gasteiger partial charge in [0.1, 0.15) is 35.6 Å². The number of phenols is 1. The number of aryl methyl sites for hydroxylation is 1. The molecule has 3 aromatic rings. The van der Waals surface area contributed by atoms with E-state index in [1.54, 1.807) is 18.3 Å². The molecule has 1 aromatic carbocycles. The highest BCUT2D eigenvalue weighted by Crippen LogP contribution is 2.43. The summed E-state index contributed by atoms with van der Waals surface area (Å²) in [7, 11) is 0. The number of fused-ring (bicyclic) bond motifs is 5. The molecule has 10 heteroatoms. The van der Waals surface area contributed by atoms with E-state index in [1.807, 2.05) is 0 Å². The number of alkyl halides is 1. The lowest BCUT2D eigenvalue weighted by atomic mass is 9.80. The molecule has 2 N–H and O–H groups in total. The fourth-order valence-electron chi connectivity index (χ4n) is 8.56. The smallest absolute Gasteiger partial charge is 0.319 e. The second-order valence-electron chi connectivity index (χ2n) is 13.3. The largest absolute Gasteiger partial charge is 0.508 e. The second-order valence-corrected chi connectivity index (χ2v) is 13.3. The molecule has 2 bridgehead atoms. The van der Waals surface area contributed by atoms with Crippen LogP contribution >= 0.6 is 0 Å². The molecule has 5 atom stereocenters. The minimum Gasteiger partial charge on any atom is -0.508 e. The number of nitrogens with one attached hydrogen (secondary N) is 1. The molecule has 8 rings (SSSR count). The first-order valence-electron chi connectivity index (χ1n) is 15.6. The van der Waals surface area contributed by atoms with E-state index in [0.29, 0.717) is 41.8 Å². The van der Waals surface area contributed by atoms with Crippen molar-refractivity contribution in [3.05, 3.63) is 35.3 Å². The molecule has 4 fully saturated rings. The van der Waals surface area contributed by atoms with E-state index >= 15 is 4.39 Å². The van der Waals surface area contributed by atoms with Gasteiger partial charge >= 0.3 is 6.01 Å². The number of anilines is 1. The van der Waals surface area contributed by atoms with Gasteiger partial charge in [0, 0.05) is 49.9 Å². The predicted octanol–water partition coefficient (Wildman–Crippen LogP) is 4.87. The molecule has 0 saturated carbocycles. The lowest BCUT2D eigenvalue weighted by molar-refractivity contribution is 0.107. The Balaban J connectivity index is 1.24. The molecule has 42 heavy (non-hydrogen) atoms. The van der Waals surface area contributed by atoms with Crippen LogP contribution in [0.3, 0.4) is 0 Å². The number of pyridine rings is 1. The van der Waals surface area contributed by atoms with Crippen molar-refractivity contribution in [1.29, 1.82) is 0 Å². The summed E-state index contributed by atoms with van der Waals surface area (Å²) in [6, 6.07) is 4.28. The van der Waals surface area contributed by atoms with Gasteiger partial charge in [-0.2, -0.15) is 9.97 Å². The molecule has 0 unspecified atom stereocenters. The van der Waals surface area contributed by atoms with E-state index in [4.69, 9.17) is 9.72 Å². The fraction of sp³-hybridized carbons (Fsp3) is 0.594. The standard InChI is InChI=1S/C32H38F2N6O2/c1-18-4-2-5-19-10-23(41)11-24(26(18)19)28-27(34)29-25(13-35-28)30(39-15-21-6-7-22(16-39)36-21)38-31(37-29)42-17-32-8-3-9-40(32)14-20(33)12-32/h10-11,13,18,20-22,36,41H,2-9,12,14-17H2,1H3/t18-,20+,21-,22+,32-/m0/s1. The van der Waals surface area contributed by atoms with Gasteiger partial charge in [-0.1, -0.05) is 6.92 Å². The normalized spacial score (nSPS) is 30.6. The zero-order valence-electron chi connectivity index (χ0n) is 24.1. The maximum atomic E-state index is 16.7. The van der Waals surface area contributed by atoms with Crippen LogP contribution in [0.15, 0.2) is 18.3 Å². The van der Waals surface area contributed by atoms with Gasteiger partial charge in [-0.05, 0) is 80.7 Å². The van der Waals surface area contributed by atoms with Crippen LogP contribution in [-0.4, -0.2) is 81.5 Å². The first-order valence-corrected chi connectivity index (χ1v) is 15.6. The lowest BCUT2D eigenvalue weighted by Crippen LogP contribution is -2.51. The highest BCUT2D eigenvalue weighted by Gasteiger charge is 2.49. The van der Waals surface area contributed by atoms with E-state index in [2.05, 4.69) is 32.0 Å². The minimum atomic E-state index is -0.861. The van der Waals surface area contributed by atoms with Gasteiger partial charge in [-0.15, -0.1) is 0 Å². The van der Waals surface area contributed by atoms with Crippen LogP contribution in [0.1, 0.15) is 68.9 Å². The number of rotatable bonds is 5. The first-order chi connectivity index (χ1) is 20.4. The number of benzene rings is 1. The van der Waals surface area contributed by atoms with Crippen molar-refractivity contribution in [2.75, 3.05) is 37.7 Å². The van der Waals surface area contributed by atoms with E-state index in [-0.39, 0.29) is 41.0 Å². The minimum absolute atomic E-state index is 0.117. The number of hydrogen-bond donors (Lipinski definition) is 2. The van der Waals surface area contributed by atoms with Gasteiger partial charge < -0.3 is 20.1 Å². The summed E-state index contributed by atoms with van der Waals surface area (Å²) < 4.78 is 37.4. The number of aromatic hydroxyl groups is 1.